The number of alkyl halides is 3. The number of carbonyl (C=O) groups is 1. The Hall–Kier alpha value is -2.69. The molecule has 27 heavy (non-hydrogen) atoms. The number of aliphatic carboxylic acids is 1. The fraction of sp³-hybridized carbons (Fsp3) is 0.312. The van der Waals surface area contributed by atoms with E-state index in [1.807, 2.05) is 0 Å². The fourth-order valence-corrected chi connectivity index (χ4v) is 4.96. The Morgan fingerprint density at radius 1 is 1.15 bits per heavy atom. The van der Waals surface area contributed by atoms with Crippen LogP contribution >= 0.6 is 0 Å². The average molecular weight is 401 g/mol. The van der Waals surface area contributed by atoms with Gasteiger partial charge < -0.3 is 10.0 Å². The normalized spacial score (nSPS) is 20.6. The van der Waals surface area contributed by atoms with Gasteiger partial charge in [-0.15, -0.1) is 0 Å². The molecule has 11 heteroatoms. The van der Waals surface area contributed by atoms with Crippen LogP contribution in [0.3, 0.4) is 0 Å². The molecule has 1 aliphatic heterocycles. The van der Waals surface area contributed by atoms with Crippen molar-refractivity contribution in [3.63, 3.8) is 0 Å². The van der Waals surface area contributed by atoms with Crippen molar-refractivity contribution >= 4 is 21.8 Å². The number of hydrogen-bond acceptors (Lipinski definition) is 6. The van der Waals surface area contributed by atoms with E-state index in [2.05, 4.69) is 9.97 Å². The van der Waals surface area contributed by atoms with E-state index in [1.54, 1.807) is 0 Å². The van der Waals surface area contributed by atoms with Crippen LogP contribution in [0.2, 0.25) is 0 Å². The molecule has 0 aliphatic carbocycles. The second-order valence-electron chi connectivity index (χ2n) is 5.95. The summed E-state index contributed by atoms with van der Waals surface area (Å²) >= 11 is 0. The quantitative estimate of drug-likeness (QED) is 0.836. The highest BCUT2D eigenvalue weighted by Crippen LogP contribution is 2.37. The van der Waals surface area contributed by atoms with Crippen molar-refractivity contribution in [1.82, 2.24) is 9.97 Å². The van der Waals surface area contributed by atoms with Gasteiger partial charge >= 0.3 is 12.1 Å². The minimum Gasteiger partial charge on any atom is -0.480 e. The molecule has 2 atom stereocenters. The second kappa shape index (κ2) is 6.80. The van der Waals surface area contributed by atoms with Gasteiger partial charge in [0, 0.05) is 18.9 Å². The zero-order valence-corrected chi connectivity index (χ0v) is 14.5. The lowest BCUT2D eigenvalue weighted by molar-refractivity contribution is -0.140. The number of sulfone groups is 1. The molecule has 7 nitrogen and oxygen atoms in total. The van der Waals surface area contributed by atoms with Gasteiger partial charge in [0.1, 0.15) is 6.04 Å². The number of aromatic nitrogens is 2. The summed E-state index contributed by atoms with van der Waals surface area (Å²) in [6.45, 7) is -0.324. The van der Waals surface area contributed by atoms with E-state index < -0.39 is 43.7 Å². The maximum absolute atomic E-state index is 13.2. The van der Waals surface area contributed by atoms with Gasteiger partial charge in [0.25, 0.3) is 0 Å². The molecule has 0 unspecified atom stereocenters. The molecule has 1 aliphatic rings. The first kappa shape index (κ1) is 19.1. The molecular formula is C16H14F3N3O4S. The predicted molar refractivity (Wildman–Crippen MR) is 87.8 cm³/mol. The van der Waals surface area contributed by atoms with Gasteiger partial charge in [0.15, 0.2) is 9.84 Å². The number of nitrogens with zero attached hydrogens (tertiary/aromatic N) is 3. The predicted octanol–water partition coefficient (Wildman–Crippen LogP) is 2.00. The Morgan fingerprint density at radius 3 is 2.37 bits per heavy atom. The molecule has 1 aromatic carbocycles. The SMILES string of the molecule is O=C(O)[C@@H]1C[C@@H](S(=O)(=O)c2ccccc2C(F)(F)F)CN1c1ncccn1. The highest BCUT2D eigenvalue weighted by Gasteiger charge is 2.47. The van der Waals surface area contributed by atoms with E-state index >= 15 is 0 Å². The van der Waals surface area contributed by atoms with Gasteiger partial charge in [-0.1, -0.05) is 12.1 Å². The van der Waals surface area contributed by atoms with Crippen LogP contribution in [0.15, 0.2) is 47.6 Å². The highest BCUT2D eigenvalue weighted by atomic mass is 32.2. The summed E-state index contributed by atoms with van der Waals surface area (Å²) in [7, 11) is -4.44. The Morgan fingerprint density at radius 2 is 1.78 bits per heavy atom. The first-order chi connectivity index (χ1) is 12.6. The molecule has 0 spiro atoms. The lowest BCUT2D eigenvalue weighted by Gasteiger charge is -2.20. The topological polar surface area (TPSA) is 100 Å². The third kappa shape index (κ3) is 3.59. The number of carboxylic acids is 1. The number of anilines is 1. The van der Waals surface area contributed by atoms with E-state index in [0.717, 1.165) is 12.1 Å². The number of hydrogen-bond donors (Lipinski definition) is 1. The number of halogens is 3. The van der Waals surface area contributed by atoms with Crippen molar-refractivity contribution in [1.29, 1.82) is 0 Å². The summed E-state index contributed by atoms with van der Waals surface area (Å²) in [4.78, 5) is 19.7. The Bertz CT molecular complexity index is 951. The van der Waals surface area contributed by atoms with Crippen molar-refractivity contribution in [3.05, 3.63) is 48.3 Å². The van der Waals surface area contributed by atoms with E-state index in [0.29, 0.717) is 6.07 Å². The lowest BCUT2D eigenvalue weighted by atomic mass is 10.2. The molecule has 1 saturated heterocycles. The third-order valence-electron chi connectivity index (χ3n) is 4.29. The van der Waals surface area contributed by atoms with Gasteiger partial charge in [-0.3, -0.25) is 0 Å². The summed E-state index contributed by atoms with van der Waals surface area (Å²) in [5.41, 5.74) is -1.27. The highest BCUT2D eigenvalue weighted by molar-refractivity contribution is 7.92. The van der Waals surface area contributed by atoms with Crippen LogP contribution in [-0.2, 0) is 20.8 Å². The lowest BCUT2D eigenvalue weighted by Crippen LogP contribution is -2.37. The second-order valence-corrected chi connectivity index (χ2v) is 8.15. The van der Waals surface area contributed by atoms with Crippen LogP contribution in [0.4, 0.5) is 19.1 Å². The summed E-state index contributed by atoms with van der Waals surface area (Å²) in [5.74, 6) is -1.30. The van der Waals surface area contributed by atoms with Gasteiger partial charge in [-0.25, -0.2) is 23.2 Å². The summed E-state index contributed by atoms with van der Waals surface area (Å²) < 4.78 is 65.4. The molecule has 3 rings (SSSR count). The number of rotatable bonds is 4. The zero-order chi connectivity index (χ0) is 19.8. The average Bonchev–Trinajstić information content (AvgIpc) is 3.08. The van der Waals surface area contributed by atoms with Crippen LogP contribution < -0.4 is 4.90 Å². The molecule has 1 aromatic heterocycles. The van der Waals surface area contributed by atoms with E-state index in [1.165, 1.54) is 29.4 Å². The molecule has 2 aromatic rings. The van der Waals surface area contributed by atoms with E-state index in [4.69, 9.17) is 0 Å². The van der Waals surface area contributed by atoms with Crippen molar-refractivity contribution in [2.45, 2.75) is 28.8 Å². The maximum Gasteiger partial charge on any atom is 0.417 e. The fourth-order valence-electron chi connectivity index (χ4n) is 3.05. The Balaban J connectivity index is 2.01. The molecule has 1 N–H and O–H groups in total. The first-order valence-electron chi connectivity index (χ1n) is 7.79. The van der Waals surface area contributed by atoms with Gasteiger partial charge in [0.2, 0.25) is 5.95 Å². The minimum absolute atomic E-state index is 0.00621. The minimum atomic E-state index is -4.85. The monoisotopic (exact) mass is 401 g/mol. The van der Waals surface area contributed by atoms with Gasteiger partial charge in [-0.05, 0) is 24.6 Å². The molecular weight excluding hydrogens is 387 g/mol. The molecule has 0 amide bonds. The van der Waals surface area contributed by atoms with Gasteiger partial charge in [0.05, 0.1) is 15.7 Å². The summed E-state index contributed by atoms with van der Waals surface area (Å²) in [5, 5.41) is 8.07. The number of carboxylic acid groups (broad SMARTS) is 1. The van der Waals surface area contributed by atoms with E-state index in [9.17, 15) is 31.5 Å². The van der Waals surface area contributed by atoms with Crippen LogP contribution in [0, 0.1) is 0 Å². The van der Waals surface area contributed by atoms with Gasteiger partial charge in [-0.2, -0.15) is 13.2 Å². The maximum atomic E-state index is 13.2. The standard InChI is InChI=1S/C16H14F3N3O4S/c17-16(18,19)11-4-1-2-5-13(11)27(25,26)10-8-12(14(23)24)22(9-10)15-20-6-3-7-21-15/h1-7,10,12H,8-9H2,(H,23,24)/t10-,12+/m1/s1. The largest absolute Gasteiger partial charge is 0.480 e. The van der Waals surface area contributed by atoms with Crippen molar-refractivity contribution < 1.29 is 31.5 Å². The molecule has 0 bridgehead atoms. The molecule has 0 saturated carbocycles. The van der Waals surface area contributed by atoms with Crippen LogP contribution in [0.25, 0.3) is 0 Å². The molecule has 2 heterocycles. The van der Waals surface area contributed by atoms with Crippen molar-refractivity contribution in [3.8, 4) is 0 Å². The van der Waals surface area contributed by atoms with Crippen LogP contribution in [0.5, 0.6) is 0 Å². The van der Waals surface area contributed by atoms with Crippen molar-refractivity contribution in [2.24, 2.45) is 0 Å². The van der Waals surface area contributed by atoms with E-state index in [-0.39, 0.29) is 18.9 Å². The first-order valence-corrected chi connectivity index (χ1v) is 9.33. The molecule has 1 fully saturated rings. The van der Waals surface area contributed by atoms with Crippen LogP contribution in [-0.4, -0.2) is 47.3 Å². The smallest absolute Gasteiger partial charge is 0.417 e. The molecule has 0 radical (unpaired) electrons. The third-order valence-corrected chi connectivity index (χ3v) is 6.48. The number of benzene rings is 1. The Labute approximate surface area is 152 Å². The Kier molecular flexibility index (Phi) is 4.81. The summed E-state index contributed by atoms with van der Waals surface area (Å²) in [6, 6.07) is 4.11. The zero-order valence-electron chi connectivity index (χ0n) is 13.7. The molecule has 144 valence electrons. The van der Waals surface area contributed by atoms with Crippen molar-refractivity contribution in [2.75, 3.05) is 11.4 Å². The summed E-state index contributed by atoms with van der Waals surface area (Å²) in [6.07, 6.45) is -2.50. The van der Waals surface area contributed by atoms with Crippen LogP contribution in [0.1, 0.15) is 12.0 Å².